The van der Waals surface area contributed by atoms with Gasteiger partial charge >= 0.3 is 0 Å². The summed E-state index contributed by atoms with van der Waals surface area (Å²) in [4.78, 5) is 26.6. The lowest BCUT2D eigenvalue weighted by Gasteiger charge is -2.32. The molecule has 5 heteroatoms. The first-order valence-electron chi connectivity index (χ1n) is 7.13. The fraction of sp³-hybridized carbons (Fsp3) is 0.600. The predicted molar refractivity (Wildman–Crippen MR) is 78.4 cm³/mol. The van der Waals surface area contributed by atoms with Crippen molar-refractivity contribution in [2.45, 2.75) is 45.2 Å². The van der Waals surface area contributed by atoms with Gasteiger partial charge in [0.25, 0.3) is 0 Å². The van der Waals surface area contributed by atoms with Crippen molar-refractivity contribution in [1.29, 1.82) is 0 Å². The molecule has 1 aromatic heterocycles. The van der Waals surface area contributed by atoms with Crippen LogP contribution in [-0.2, 0) is 16.1 Å². The van der Waals surface area contributed by atoms with Crippen LogP contribution < -0.4 is 5.32 Å². The van der Waals surface area contributed by atoms with Crippen molar-refractivity contribution in [3.8, 4) is 0 Å². The third-order valence-electron chi connectivity index (χ3n) is 4.46. The zero-order chi connectivity index (χ0) is 14.3. The number of hydrogen-bond donors (Lipinski definition) is 1. The number of nitrogens with zero attached hydrogens (tertiary/aromatic N) is 1. The van der Waals surface area contributed by atoms with Crippen molar-refractivity contribution >= 4 is 23.2 Å². The summed E-state index contributed by atoms with van der Waals surface area (Å²) in [5.74, 6) is 0.386. The number of amides is 2. The van der Waals surface area contributed by atoms with Crippen molar-refractivity contribution in [3.05, 3.63) is 21.9 Å². The van der Waals surface area contributed by atoms with Gasteiger partial charge in [-0.05, 0) is 54.5 Å². The standard InChI is InChI=1S/C15H20N2O2S/c1-10-8-20-9-11(10)7-17-6-5-13(18)16-15(2,14(17)19)12-3-4-12/h8-9,12H,3-7H2,1-2H3,(H,16,18). The van der Waals surface area contributed by atoms with E-state index in [-0.39, 0.29) is 11.8 Å². The Balaban J connectivity index is 1.84. The van der Waals surface area contributed by atoms with E-state index in [1.165, 1.54) is 11.1 Å². The molecule has 1 aliphatic heterocycles. The van der Waals surface area contributed by atoms with Crippen LogP contribution in [0.25, 0.3) is 0 Å². The fourth-order valence-corrected chi connectivity index (χ4v) is 3.76. The van der Waals surface area contributed by atoms with Gasteiger partial charge in [0.2, 0.25) is 11.8 Å². The molecule has 0 aromatic carbocycles. The normalized spacial score (nSPS) is 27.4. The minimum Gasteiger partial charge on any atom is -0.342 e. The minimum absolute atomic E-state index is 0.00251. The number of thiophene rings is 1. The molecule has 1 atom stereocenters. The Morgan fingerprint density at radius 2 is 2.15 bits per heavy atom. The summed E-state index contributed by atoms with van der Waals surface area (Å²) in [7, 11) is 0. The predicted octanol–water partition coefficient (Wildman–Crippen LogP) is 2.07. The van der Waals surface area contributed by atoms with Crippen molar-refractivity contribution in [2.24, 2.45) is 5.92 Å². The molecule has 1 saturated heterocycles. The molecule has 20 heavy (non-hydrogen) atoms. The highest BCUT2D eigenvalue weighted by Gasteiger charge is 2.51. The third kappa shape index (κ3) is 2.35. The molecule has 2 amide bonds. The summed E-state index contributed by atoms with van der Waals surface area (Å²) in [6.07, 6.45) is 2.47. The van der Waals surface area contributed by atoms with Crippen LogP contribution in [0, 0.1) is 12.8 Å². The molecule has 1 saturated carbocycles. The molecule has 0 spiro atoms. The van der Waals surface area contributed by atoms with Crippen LogP contribution in [-0.4, -0.2) is 28.8 Å². The van der Waals surface area contributed by atoms with Crippen molar-refractivity contribution < 1.29 is 9.59 Å². The van der Waals surface area contributed by atoms with Gasteiger partial charge in [0, 0.05) is 19.5 Å². The Morgan fingerprint density at radius 3 is 2.75 bits per heavy atom. The molecule has 1 aromatic rings. The molecule has 1 aliphatic carbocycles. The Labute approximate surface area is 123 Å². The first-order valence-corrected chi connectivity index (χ1v) is 8.07. The number of aryl methyl sites for hydroxylation is 1. The lowest BCUT2D eigenvalue weighted by Crippen LogP contribution is -2.56. The molecule has 3 rings (SSSR count). The topological polar surface area (TPSA) is 49.4 Å². The molecule has 0 bridgehead atoms. The maximum atomic E-state index is 12.8. The summed E-state index contributed by atoms with van der Waals surface area (Å²) in [5.41, 5.74) is 1.72. The molecule has 1 unspecified atom stereocenters. The number of carbonyl (C=O) groups is 2. The Kier molecular flexibility index (Phi) is 3.32. The molecule has 4 nitrogen and oxygen atoms in total. The van der Waals surface area contributed by atoms with E-state index in [1.807, 2.05) is 11.8 Å². The summed E-state index contributed by atoms with van der Waals surface area (Å²) in [6, 6.07) is 0. The van der Waals surface area contributed by atoms with Crippen LogP contribution in [0.2, 0.25) is 0 Å². The Hall–Kier alpha value is -1.36. The highest BCUT2D eigenvalue weighted by molar-refractivity contribution is 7.08. The van der Waals surface area contributed by atoms with Gasteiger partial charge in [0.1, 0.15) is 5.54 Å². The highest BCUT2D eigenvalue weighted by Crippen LogP contribution is 2.41. The number of hydrogen-bond acceptors (Lipinski definition) is 3. The highest BCUT2D eigenvalue weighted by atomic mass is 32.1. The van der Waals surface area contributed by atoms with Gasteiger partial charge in [-0.25, -0.2) is 0 Å². The second-order valence-electron chi connectivity index (χ2n) is 6.08. The fourth-order valence-electron chi connectivity index (χ4n) is 2.91. The summed E-state index contributed by atoms with van der Waals surface area (Å²) in [5, 5.41) is 7.16. The number of carbonyl (C=O) groups excluding carboxylic acids is 2. The first kappa shape index (κ1) is 13.6. The van der Waals surface area contributed by atoms with Gasteiger partial charge in [-0.15, -0.1) is 0 Å². The van der Waals surface area contributed by atoms with E-state index in [0.717, 1.165) is 12.8 Å². The van der Waals surface area contributed by atoms with Gasteiger partial charge in [0.15, 0.2) is 0 Å². The van der Waals surface area contributed by atoms with Gasteiger partial charge < -0.3 is 10.2 Å². The van der Waals surface area contributed by atoms with E-state index in [1.54, 1.807) is 11.3 Å². The monoisotopic (exact) mass is 292 g/mol. The number of nitrogens with one attached hydrogen (secondary N) is 1. The molecule has 2 heterocycles. The zero-order valence-corrected chi connectivity index (χ0v) is 12.8. The largest absolute Gasteiger partial charge is 0.342 e. The van der Waals surface area contributed by atoms with Crippen LogP contribution in [0.4, 0.5) is 0 Å². The molecule has 108 valence electrons. The quantitative estimate of drug-likeness (QED) is 0.927. The minimum atomic E-state index is -0.697. The van der Waals surface area contributed by atoms with Crippen molar-refractivity contribution in [1.82, 2.24) is 10.2 Å². The van der Waals surface area contributed by atoms with Crippen LogP contribution in [0.5, 0.6) is 0 Å². The van der Waals surface area contributed by atoms with Crippen LogP contribution >= 0.6 is 11.3 Å². The zero-order valence-electron chi connectivity index (χ0n) is 11.9. The first-order chi connectivity index (χ1) is 9.50. The van der Waals surface area contributed by atoms with E-state index in [0.29, 0.717) is 25.4 Å². The maximum absolute atomic E-state index is 12.8. The van der Waals surface area contributed by atoms with E-state index in [2.05, 4.69) is 23.0 Å². The summed E-state index contributed by atoms with van der Waals surface area (Å²) < 4.78 is 0. The lowest BCUT2D eigenvalue weighted by atomic mass is 9.94. The molecular weight excluding hydrogens is 272 g/mol. The third-order valence-corrected chi connectivity index (χ3v) is 5.37. The number of rotatable bonds is 3. The second kappa shape index (κ2) is 4.88. The molecule has 0 radical (unpaired) electrons. The van der Waals surface area contributed by atoms with Gasteiger partial charge in [-0.1, -0.05) is 0 Å². The van der Waals surface area contributed by atoms with E-state index in [4.69, 9.17) is 0 Å². The van der Waals surface area contributed by atoms with Crippen LogP contribution in [0.15, 0.2) is 10.8 Å². The summed E-state index contributed by atoms with van der Waals surface area (Å²) >= 11 is 1.66. The van der Waals surface area contributed by atoms with Crippen LogP contribution in [0.1, 0.15) is 37.3 Å². The van der Waals surface area contributed by atoms with E-state index >= 15 is 0 Å². The Morgan fingerprint density at radius 1 is 1.40 bits per heavy atom. The molecule has 1 N–H and O–H groups in total. The van der Waals surface area contributed by atoms with Crippen LogP contribution in [0.3, 0.4) is 0 Å². The summed E-state index contributed by atoms with van der Waals surface area (Å²) in [6.45, 7) is 5.09. The van der Waals surface area contributed by atoms with Crippen molar-refractivity contribution in [2.75, 3.05) is 6.54 Å². The average Bonchev–Trinajstić information content (AvgIpc) is 3.19. The molecular formula is C15H20N2O2S. The van der Waals surface area contributed by atoms with E-state index < -0.39 is 5.54 Å². The van der Waals surface area contributed by atoms with E-state index in [9.17, 15) is 9.59 Å². The van der Waals surface area contributed by atoms with Gasteiger partial charge in [-0.2, -0.15) is 11.3 Å². The Bertz CT molecular complexity index is 550. The lowest BCUT2D eigenvalue weighted by molar-refractivity contribution is -0.139. The molecule has 2 aliphatic rings. The molecule has 2 fully saturated rings. The van der Waals surface area contributed by atoms with Crippen molar-refractivity contribution in [3.63, 3.8) is 0 Å². The second-order valence-corrected chi connectivity index (χ2v) is 6.83. The average molecular weight is 292 g/mol. The van der Waals surface area contributed by atoms with Gasteiger partial charge in [-0.3, -0.25) is 9.59 Å². The SMILES string of the molecule is Cc1cscc1CN1CCC(=O)NC(C)(C2CC2)C1=O. The van der Waals surface area contributed by atoms with Gasteiger partial charge in [0.05, 0.1) is 0 Å². The maximum Gasteiger partial charge on any atom is 0.248 e. The smallest absolute Gasteiger partial charge is 0.248 e.